The fourth-order valence-electron chi connectivity index (χ4n) is 8.94. The Kier molecular flexibility index (Phi) is 66.9. The van der Waals surface area contributed by atoms with Crippen molar-refractivity contribution in [2.24, 2.45) is 65.1 Å². The first-order chi connectivity index (χ1) is 54.7. The molecule has 10 heterocycles. The molecule has 5 aromatic heterocycles. The maximum absolute atomic E-state index is 11.4. The predicted molar refractivity (Wildman–Crippen MR) is 480 cm³/mol. The Morgan fingerprint density at radius 2 is 1.12 bits per heavy atom. The minimum atomic E-state index is -0.241. The van der Waals surface area contributed by atoms with Crippen molar-refractivity contribution < 1.29 is 42.9 Å². The van der Waals surface area contributed by atoms with Crippen LogP contribution < -0.4 is 5.73 Å². The van der Waals surface area contributed by atoms with E-state index in [-0.39, 0.29) is 59.7 Å². The summed E-state index contributed by atoms with van der Waals surface area (Å²) < 4.78 is 27.7. The standard InChI is InChI=1S/C10H19NO3.C10H19NO.C10H11N.C9H17NO2.2C8H11N.C7H12N2.C7H11N.C6H11NO2.C5H9N3.C5H12.C4H9NO.C4H10/c1-8(2)10(12)11-6-9(7-11)14-5-4-13-3;1-10(2)4-3-5-11-6-8-12-9-7-11;1-9(2)5-6-10-4-3-7-11-8-10;1-4-12-8-5-10(6-8)9(11)7(2)3;1-7(2)8-3-5-9-6-4-8;1-7(2)8-4-3-5-9-6-8;1-6(2)7-4-8-9(3)5-7;1-6(2)7-3-4-8-5-7;1-5(8)7-3-6(4-7)9-2;1-4(2)5-6-3-7-8-5;1-4-5(2)3;1-3(2)4(5)6;1-4(2)3/h8-9H,4-7H2,1-3H3;3-4,10H,5-9H2,1-2H3;3-4,7-9H,1-2H3;7-8H,4-6H2,1-3H3;2*3-7H,1-2H3;4-6H,1-3H3;3,5-6H,4H2,1-2H3;6H,3-4H2,1-2H3;3-4H,1-2H3,(H,6,7,8);5H,4H2,1-3H3;3H,1-2H3,(H2,5,6);4H,1-3H3/b;4-3+;;;;;;;;;;;. The van der Waals surface area contributed by atoms with Crippen molar-refractivity contribution in [2.45, 2.75) is 242 Å². The van der Waals surface area contributed by atoms with E-state index in [0.29, 0.717) is 54.6 Å². The summed E-state index contributed by atoms with van der Waals surface area (Å²) in [6.45, 7) is 70.5. The number of pyridine rings is 3. The Morgan fingerprint density at radius 3 is 1.43 bits per heavy atom. The molecular formula is C93H162N14O9. The molecule has 0 unspecified atom stereocenters. The molecule has 658 valence electrons. The van der Waals surface area contributed by atoms with Gasteiger partial charge in [0, 0.05) is 178 Å². The Bertz CT molecular complexity index is 3270. The average molecular weight is 1620 g/mol. The lowest BCUT2D eigenvalue weighted by molar-refractivity contribution is -0.149. The Hall–Kier alpha value is -7.85. The van der Waals surface area contributed by atoms with Gasteiger partial charge in [-0.05, 0) is 101 Å². The summed E-state index contributed by atoms with van der Waals surface area (Å²) in [5.74, 6) is 13.4. The van der Waals surface area contributed by atoms with E-state index >= 15 is 0 Å². The largest absolute Gasteiger partial charge is 0.382 e. The number of nitrogens with one attached hydrogen (secondary N) is 1. The van der Waals surface area contributed by atoms with Crippen molar-refractivity contribution in [3.05, 3.63) is 144 Å². The van der Waals surface area contributed by atoms with Crippen LogP contribution in [-0.4, -0.2) is 220 Å². The third-order valence-electron chi connectivity index (χ3n) is 17.0. The van der Waals surface area contributed by atoms with Gasteiger partial charge in [-0.15, -0.1) is 0 Å². The van der Waals surface area contributed by atoms with Crippen LogP contribution in [0.25, 0.3) is 0 Å². The zero-order valence-corrected chi connectivity index (χ0v) is 78.1. The van der Waals surface area contributed by atoms with Crippen molar-refractivity contribution in [1.82, 2.24) is 59.5 Å². The van der Waals surface area contributed by atoms with Gasteiger partial charge in [-0.3, -0.25) is 53.8 Å². The fraction of sp³-hybridized carbons (Fsp3) is 0.667. The lowest BCUT2D eigenvalue weighted by Crippen LogP contribution is -2.56. The van der Waals surface area contributed by atoms with Gasteiger partial charge in [0.15, 0.2) is 0 Å². The molecule has 0 bridgehead atoms. The van der Waals surface area contributed by atoms with Crippen molar-refractivity contribution in [1.29, 1.82) is 0 Å². The first-order valence-electron chi connectivity index (χ1n) is 42.3. The number of aromatic amines is 1. The number of hydrogen-bond donors (Lipinski definition) is 2. The summed E-state index contributed by atoms with van der Waals surface area (Å²) in [5, 5.41) is 10.5. The first-order valence-corrected chi connectivity index (χ1v) is 42.3. The highest BCUT2D eigenvalue weighted by Gasteiger charge is 2.33. The number of methoxy groups -OCH3 is 2. The number of nitrogens with two attached hydrogens (primary N) is 1. The number of H-pyrrole nitrogens is 1. The molecule has 10 rings (SSSR count). The molecule has 116 heavy (non-hydrogen) atoms. The van der Waals surface area contributed by atoms with Crippen molar-refractivity contribution in [3.8, 4) is 11.8 Å². The van der Waals surface area contributed by atoms with Crippen LogP contribution in [0, 0.1) is 59.2 Å². The molecule has 0 saturated carbocycles. The average Bonchev–Trinajstić information content (AvgIpc) is 0.944. The molecule has 0 atom stereocenters. The first kappa shape index (κ1) is 112. The Morgan fingerprint density at radius 1 is 0.612 bits per heavy atom. The molecule has 3 N–H and O–H groups in total. The third kappa shape index (κ3) is 61.5. The molecule has 4 amide bonds. The van der Waals surface area contributed by atoms with Gasteiger partial charge < -0.3 is 44.1 Å². The van der Waals surface area contributed by atoms with Crippen LogP contribution in [0.5, 0.6) is 0 Å². The summed E-state index contributed by atoms with van der Waals surface area (Å²) in [5.41, 5.74) is 11.1. The molecule has 5 aliphatic rings. The van der Waals surface area contributed by atoms with Crippen LogP contribution in [0.15, 0.2) is 121 Å². The molecule has 0 radical (unpaired) electrons. The van der Waals surface area contributed by atoms with Crippen molar-refractivity contribution >= 4 is 29.8 Å². The topological polar surface area (TPSA) is 264 Å². The molecule has 23 nitrogen and oxygen atoms in total. The summed E-state index contributed by atoms with van der Waals surface area (Å²) in [4.78, 5) is 71.0. The zero-order valence-electron chi connectivity index (χ0n) is 78.1. The second-order valence-corrected chi connectivity index (χ2v) is 32.8. The highest BCUT2D eigenvalue weighted by molar-refractivity contribution is 5.81. The number of amides is 4. The number of aryl methyl sites for hydroxylation is 1. The van der Waals surface area contributed by atoms with Gasteiger partial charge in [0.2, 0.25) is 23.6 Å². The van der Waals surface area contributed by atoms with E-state index < -0.39 is 0 Å². The third-order valence-corrected chi connectivity index (χ3v) is 17.0. The molecule has 4 fully saturated rings. The molecular weight excluding hydrogens is 1460 g/mol. The van der Waals surface area contributed by atoms with Gasteiger partial charge in [-0.2, -0.15) is 10.2 Å². The number of carbonyl (C=O) groups excluding carboxylic acids is 4. The van der Waals surface area contributed by atoms with Gasteiger partial charge in [0.05, 0.1) is 57.5 Å². The van der Waals surface area contributed by atoms with Crippen LogP contribution in [0.1, 0.15) is 252 Å². The molecule has 0 spiro atoms. The molecule has 4 saturated heterocycles. The van der Waals surface area contributed by atoms with E-state index in [4.69, 9.17) is 29.4 Å². The maximum Gasteiger partial charge on any atom is 0.225 e. The minimum Gasteiger partial charge on any atom is -0.382 e. The highest BCUT2D eigenvalue weighted by Crippen LogP contribution is 2.18. The van der Waals surface area contributed by atoms with E-state index in [0.717, 1.165) is 108 Å². The van der Waals surface area contributed by atoms with Gasteiger partial charge in [-0.1, -0.05) is 223 Å². The van der Waals surface area contributed by atoms with Crippen LogP contribution in [0.2, 0.25) is 0 Å². The Balaban J connectivity index is -0.00000120. The number of nitrogens with zero attached hydrogens (tertiary/aromatic N) is 12. The van der Waals surface area contributed by atoms with Crippen LogP contribution in [0.4, 0.5) is 0 Å². The number of aromatic nitrogens is 8. The molecule has 5 aliphatic heterocycles. The highest BCUT2D eigenvalue weighted by atomic mass is 16.5. The van der Waals surface area contributed by atoms with Crippen molar-refractivity contribution in [3.63, 3.8) is 0 Å². The van der Waals surface area contributed by atoms with Crippen LogP contribution in [-0.2, 0) is 49.9 Å². The lowest BCUT2D eigenvalue weighted by atomic mass is 10.1. The number of primary amides is 1. The zero-order chi connectivity index (χ0) is 88.7. The van der Waals surface area contributed by atoms with Gasteiger partial charge in [0.25, 0.3) is 0 Å². The summed E-state index contributed by atoms with van der Waals surface area (Å²) in [7, 11) is 5.26. The quantitative estimate of drug-likeness (QED) is 0.0442. The second kappa shape index (κ2) is 69.1. The van der Waals surface area contributed by atoms with Gasteiger partial charge >= 0.3 is 0 Å². The summed E-state index contributed by atoms with van der Waals surface area (Å²) in [6, 6.07) is 12.0. The smallest absolute Gasteiger partial charge is 0.225 e. The fourth-order valence-corrected chi connectivity index (χ4v) is 8.94. The van der Waals surface area contributed by atoms with Crippen LogP contribution in [0.3, 0.4) is 0 Å². The van der Waals surface area contributed by atoms with E-state index in [1.54, 1.807) is 58.5 Å². The summed E-state index contributed by atoms with van der Waals surface area (Å²) in [6.07, 6.45) is 27.1. The normalized spacial score (nSPS) is 14.0. The number of likely N-dealkylation sites (tertiary alicyclic amines) is 3. The number of rotatable bonds is 19. The van der Waals surface area contributed by atoms with E-state index in [1.165, 1.54) is 35.0 Å². The number of aliphatic imine (C=N–C) groups is 1. The minimum absolute atomic E-state index is 0.00926. The van der Waals surface area contributed by atoms with E-state index in [9.17, 15) is 19.2 Å². The summed E-state index contributed by atoms with van der Waals surface area (Å²) >= 11 is 0. The molecule has 0 aliphatic carbocycles. The van der Waals surface area contributed by atoms with E-state index in [1.807, 2.05) is 124 Å². The predicted octanol–water partition coefficient (Wildman–Crippen LogP) is 17.3. The Labute approximate surface area is 704 Å². The molecule has 5 aromatic rings. The SMILES string of the molecule is CC(C)/C=C/CN1CCOCC1.CC(C)C.CC(C)C#Cc1cccnc1.CC(C)C(N)=O.CC(C)C1=CCN=C1.CC(C)c1cccnc1.CC(C)c1ccncc1.CC(C)c1cnn(C)c1.CC(C)c1ncn[nH]1.CCC(C)C.CCOC1CN(C(=O)C(C)C)C1.COC1CN(C(C)=O)C1.COCCOC1CN(C(=O)C(C)C)C1. The molecule has 23 heteroatoms. The number of carbonyl (C=O) groups is 4. The van der Waals surface area contributed by atoms with Gasteiger partial charge in [-0.25, -0.2) is 4.98 Å². The lowest BCUT2D eigenvalue weighted by Gasteiger charge is -2.39. The molecule has 0 aromatic carbocycles. The number of morpholine rings is 1. The number of allylic oxidation sites excluding steroid dienone is 2. The van der Waals surface area contributed by atoms with Gasteiger partial charge in [0.1, 0.15) is 12.2 Å². The maximum atomic E-state index is 11.4. The number of ether oxygens (including phenoxy) is 5. The van der Waals surface area contributed by atoms with Crippen molar-refractivity contribution in [2.75, 3.05) is 113 Å². The van der Waals surface area contributed by atoms with E-state index in [2.05, 4.69) is 220 Å². The monoisotopic (exact) mass is 1620 g/mol. The second-order valence-electron chi connectivity index (χ2n) is 32.8. The van der Waals surface area contributed by atoms with Crippen LogP contribution >= 0.6 is 0 Å². The number of hydrogen-bond acceptors (Lipinski definition) is 17.